The van der Waals surface area contributed by atoms with Gasteiger partial charge in [0.05, 0.1) is 24.3 Å². The number of hydrogen-bond donors (Lipinski definition) is 0. The fourth-order valence-electron chi connectivity index (χ4n) is 3.66. The van der Waals surface area contributed by atoms with Crippen molar-refractivity contribution in [2.24, 2.45) is 0 Å². The van der Waals surface area contributed by atoms with Crippen molar-refractivity contribution >= 4 is 34.5 Å². The van der Waals surface area contributed by atoms with Crippen molar-refractivity contribution in [2.75, 3.05) is 33.3 Å². The maximum Gasteiger partial charge on any atom is 0.327 e. The molecule has 154 valence electrons. The van der Waals surface area contributed by atoms with E-state index >= 15 is 0 Å². The molecular weight excluding hydrogens is 404 g/mol. The summed E-state index contributed by atoms with van der Waals surface area (Å²) in [5, 5.41) is 0.606. The molecule has 0 N–H and O–H groups in total. The molecule has 1 aliphatic rings. The lowest BCUT2D eigenvalue weighted by atomic mass is 10.0. The Kier molecular flexibility index (Phi) is 5.92. The number of methoxy groups -OCH3 is 1. The van der Waals surface area contributed by atoms with E-state index in [1.165, 1.54) is 13.3 Å². The molecule has 1 aliphatic heterocycles. The van der Waals surface area contributed by atoms with Gasteiger partial charge >= 0.3 is 5.97 Å². The Bertz CT molecular complexity index is 1070. The van der Waals surface area contributed by atoms with Crippen LogP contribution in [0, 0.1) is 0 Å². The SMILES string of the molecule is COC(=O)[C@H](c1ccc(Cl)cc1)N1CCN(C(=O)c2cnc3ccccc3n2)CC1. The number of carbonyl (C=O) groups is 2. The first kappa shape index (κ1) is 20.3. The van der Waals surface area contributed by atoms with Crippen molar-refractivity contribution in [1.29, 1.82) is 0 Å². The molecule has 0 saturated carbocycles. The van der Waals surface area contributed by atoms with Crippen LogP contribution in [0.2, 0.25) is 5.02 Å². The van der Waals surface area contributed by atoms with Crippen LogP contribution in [-0.2, 0) is 9.53 Å². The maximum atomic E-state index is 12.9. The lowest BCUT2D eigenvalue weighted by Gasteiger charge is -2.38. The summed E-state index contributed by atoms with van der Waals surface area (Å²) in [6.45, 7) is 2.03. The van der Waals surface area contributed by atoms with Crippen LogP contribution >= 0.6 is 11.6 Å². The number of piperazine rings is 1. The highest BCUT2D eigenvalue weighted by molar-refractivity contribution is 6.30. The molecule has 4 rings (SSSR count). The van der Waals surface area contributed by atoms with E-state index in [-0.39, 0.29) is 11.9 Å². The Morgan fingerprint density at radius 2 is 1.67 bits per heavy atom. The smallest absolute Gasteiger partial charge is 0.327 e. The van der Waals surface area contributed by atoms with E-state index in [4.69, 9.17) is 16.3 Å². The summed E-state index contributed by atoms with van der Waals surface area (Å²) < 4.78 is 5.02. The fraction of sp³-hybridized carbons (Fsp3) is 0.273. The number of carbonyl (C=O) groups excluding carboxylic acids is 2. The molecule has 1 aromatic heterocycles. The number of hydrogen-bond acceptors (Lipinski definition) is 6. The summed E-state index contributed by atoms with van der Waals surface area (Å²) in [6, 6.07) is 14.1. The van der Waals surface area contributed by atoms with E-state index in [1.54, 1.807) is 17.0 Å². The first-order chi connectivity index (χ1) is 14.6. The van der Waals surface area contributed by atoms with Gasteiger partial charge in [-0.2, -0.15) is 0 Å². The van der Waals surface area contributed by atoms with Crippen molar-refractivity contribution < 1.29 is 14.3 Å². The Labute approximate surface area is 179 Å². The van der Waals surface area contributed by atoms with Gasteiger partial charge in [-0.25, -0.2) is 9.78 Å². The third-order valence-corrected chi connectivity index (χ3v) is 5.50. The first-order valence-electron chi connectivity index (χ1n) is 9.65. The molecule has 7 nitrogen and oxygen atoms in total. The zero-order valence-electron chi connectivity index (χ0n) is 16.5. The Hall–Kier alpha value is -3.03. The number of esters is 1. The molecule has 1 atom stereocenters. The minimum absolute atomic E-state index is 0.158. The summed E-state index contributed by atoms with van der Waals surface area (Å²) in [5.74, 6) is -0.494. The highest BCUT2D eigenvalue weighted by Crippen LogP contribution is 2.25. The van der Waals surface area contributed by atoms with Gasteiger partial charge in [0.25, 0.3) is 5.91 Å². The van der Waals surface area contributed by atoms with E-state index in [0.29, 0.717) is 42.4 Å². The number of amides is 1. The van der Waals surface area contributed by atoms with Crippen molar-refractivity contribution in [3.63, 3.8) is 0 Å². The molecule has 3 aromatic rings. The molecule has 1 saturated heterocycles. The van der Waals surface area contributed by atoms with Crippen molar-refractivity contribution in [3.8, 4) is 0 Å². The first-order valence-corrected chi connectivity index (χ1v) is 10.0. The van der Waals surface area contributed by atoms with Crippen LogP contribution in [0.4, 0.5) is 0 Å². The van der Waals surface area contributed by atoms with E-state index in [0.717, 1.165) is 11.1 Å². The number of halogens is 1. The third kappa shape index (κ3) is 4.13. The van der Waals surface area contributed by atoms with Crippen molar-refractivity contribution in [1.82, 2.24) is 19.8 Å². The van der Waals surface area contributed by atoms with Crippen LogP contribution in [0.1, 0.15) is 22.1 Å². The summed E-state index contributed by atoms with van der Waals surface area (Å²) in [7, 11) is 1.38. The number of nitrogens with zero attached hydrogens (tertiary/aromatic N) is 4. The molecule has 30 heavy (non-hydrogen) atoms. The number of aromatic nitrogens is 2. The second kappa shape index (κ2) is 8.77. The predicted molar refractivity (Wildman–Crippen MR) is 113 cm³/mol. The zero-order chi connectivity index (χ0) is 21.1. The Morgan fingerprint density at radius 3 is 2.33 bits per heavy atom. The van der Waals surface area contributed by atoms with E-state index in [1.807, 2.05) is 41.3 Å². The third-order valence-electron chi connectivity index (χ3n) is 5.24. The van der Waals surface area contributed by atoms with Crippen LogP contribution in [0.3, 0.4) is 0 Å². The quantitative estimate of drug-likeness (QED) is 0.599. The zero-order valence-corrected chi connectivity index (χ0v) is 17.2. The minimum atomic E-state index is -0.537. The number of benzene rings is 2. The molecule has 1 fully saturated rings. The second-order valence-corrected chi connectivity index (χ2v) is 7.49. The van der Waals surface area contributed by atoms with E-state index in [2.05, 4.69) is 9.97 Å². The predicted octanol–water partition coefficient (Wildman–Crippen LogP) is 2.96. The second-order valence-electron chi connectivity index (χ2n) is 7.05. The number of para-hydroxylation sites is 2. The van der Waals surface area contributed by atoms with Gasteiger partial charge in [-0.1, -0.05) is 35.9 Å². The average Bonchev–Trinajstić information content (AvgIpc) is 2.80. The highest BCUT2D eigenvalue weighted by atomic mass is 35.5. The number of rotatable bonds is 4. The number of fused-ring (bicyclic) bond motifs is 1. The van der Waals surface area contributed by atoms with E-state index in [9.17, 15) is 9.59 Å². The van der Waals surface area contributed by atoms with Gasteiger partial charge in [0.1, 0.15) is 11.7 Å². The molecule has 0 aliphatic carbocycles. The molecule has 0 spiro atoms. The van der Waals surface area contributed by atoms with Gasteiger partial charge in [0.15, 0.2) is 0 Å². The normalized spacial score (nSPS) is 15.7. The lowest BCUT2D eigenvalue weighted by Crippen LogP contribution is -2.51. The number of ether oxygens (including phenoxy) is 1. The average molecular weight is 425 g/mol. The lowest BCUT2D eigenvalue weighted by molar-refractivity contribution is -0.148. The summed E-state index contributed by atoms with van der Waals surface area (Å²) >= 11 is 5.98. The van der Waals surface area contributed by atoms with Crippen LogP contribution in [0.15, 0.2) is 54.7 Å². The molecule has 2 aromatic carbocycles. The monoisotopic (exact) mass is 424 g/mol. The molecule has 2 heterocycles. The molecule has 0 radical (unpaired) electrons. The topological polar surface area (TPSA) is 75.6 Å². The van der Waals surface area contributed by atoms with Crippen molar-refractivity contribution in [2.45, 2.75) is 6.04 Å². The highest BCUT2D eigenvalue weighted by Gasteiger charge is 2.32. The fourth-order valence-corrected chi connectivity index (χ4v) is 3.78. The van der Waals surface area contributed by atoms with Gasteiger partial charge in [0, 0.05) is 31.2 Å². The van der Waals surface area contributed by atoms with Gasteiger partial charge in [-0.15, -0.1) is 0 Å². The minimum Gasteiger partial charge on any atom is -0.468 e. The Morgan fingerprint density at radius 1 is 1.00 bits per heavy atom. The summed E-state index contributed by atoms with van der Waals surface area (Å²) in [4.78, 5) is 37.9. The van der Waals surface area contributed by atoms with Gasteiger partial charge in [0.2, 0.25) is 0 Å². The van der Waals surface area contributed by atoms with E-state index < -0.39 is 6.04 Å². The van der Waals surface area contributed by atoms with Gasteiger partial charge in [-0.05, 0) is 29.8 Å². The van der Waals surface area contributed by atoms with Crippen LogP contribution < -0.4 is 0 Å². The van der Waals surface area contributed by atoms with Crippen LogP contribution in [-0.4, -0.2) is 64.9 Å². The molecule has 8 heteroatoms. The molecule has 0 bridgehead atoms. The Balaban J connectivity index is 1.47. The molecule has 0 unspecified atom stereocenters. The molecule has 1 amide bonds. The van der Waals surface area contributed by atoms with Crippen molar-refractivity contribution in [3.05, 3.63) is 71.0 Å². The molecular formula is C22H21ClN4O3. The van der Waals surface area contributed by atoms with Crippen LogP contribution in [0.25, 0.3) is 11.0 Å². The maximum absolute atomic E-state index is 12.9. The van der Waals surface area contributed by atoms with Gasteiger partial charge in [-0.3, -0.25) is 14.7 Å². The largest absolute Gasteiger partial charge is 0.468 e. The standard InChI is InChI=1S/C22H21ClN4O3/c1-30-22(29)20(15-6-8-16(23)9-7-15)26-10-12-27(13-11-26)21(28)19-14-24-17-4-2-3-5-18(17)25-19/h2-9,14,20H,10-13H2,1H3/t20-/m0/s1. The summed E-state index contributed by atoms with van der Waals surface area (Å²) in [5.41, 5.74) is 2.58. The summed E-state index contributed by atoms with van der Waals surface area (Å²) in [6.07, 6.45) is 1.52. The van der Waals surface area contributed by atoms with Gasteiger partial charge < -0.3 is 9.64 Å². The van der Waals surface area contributed by atoms with Crippen LogP contribution in [0.5, 0.6) is 0 Å².